The van der Waals surface area contributed by atoms with Crippen LogP contribution in [0.25, 0.3) is 0 Å². The molecule has 2 aromatic carbocycles. The van der Waals surface area contributed by atoms with E-state index in [4.69, 9.17) is 20.2 Å². The molecule has 1 spiro atoms. The van der Waals surface area contributed by atoms with Crippen molar-refractivity contribution in [2.45, 2.75) is 18.4 Å². The minimum atomic E-state index is -0.555. The van der Waals surface area contributed by atoms with Crippen LogP contribution in [0.5, 0.6) is 5.75 Å². The van der Waals surface area contributed by atoms with Crippen LogP contribution < -0.4 is 10.5 Å². The van der Waals surface area contributed by atoms with E-state index >= 15 is 0 Å². The van der Waals surface area contributed by atoms with Crippen LogP contribution >= 0.6 is 0 Å². The summed E-state index contributed by atoms with van der Waals surface area (Å²) in [6, 6.07) is 14.9. The first-order chi connectivity index (χ1) is 10.7. The first kappa shape index (κ1) is 13.2. The molecule has 0 fully saturated rings. The van der Waals surface area contributed by atoms with E-state index in [1.165, 1.54) is 16.7 Å². The van der Waals surface area contributed by atoms with Crippen molar-refractivity contribution in [2.24, 2.45) is 10.7 Å². The molecule has 2 aromatic rings. The van der Waals surface area contributed by atoms with Crippen molar-refractivity contribution in [2.75, 3.05) is 13.7 Å². The van der Waals surface area contributed by atoms with Crippen LogP contribution in [0.4, 0.5) is 0 Å². The van der Waals surface area contributed by atoms with Gasteiger partial charge in [-0.25, -0.2) is 4.99 Å². The lowest BCUT2D eigenvalue weighted by Crippen LogP contribution is -2.28. The number of fused-ring (bicyclic) bond motifs is 4. The van der Waals surface area contributed by atoms with Gasteiger partial charge in [-0.3, -0.25) is 0 Å². The smallest absolute Gasteiger partial charge is 0.283 e. The van der Waals surface area contributed by atoms with Gasteiger partial charge in [0.25, 0.3) is 6.02 Å². The molecule has 2 N–H and O–H groups in total. The number of methoxy groups -OCH3 is 1. The van der Waals surface area contributed by atoms with Crippen LogP contribution in [0.3, 0.4) is 0 Å². The zero-order chi connectivity index (χ0) is 15.2. The van der Waals surface area contributed by atoms with Crippen LogP contribution in [-0.2, 0) is 23.1 Å². The molecule has 4 rings (SSSR count). The van der Waals surface area contributed by atoms with E-state index in [1.807, 2.05) is 6.07 Å². The second-order valence-corrected chi connectivity index (χ2v) is 5.78. The number of aryl methyl sites for hydroxylation is 2. The average Bonchev–Trinajstić information content (AvgIpc) is 2.89. The molecule has 0 radical (unpaired) electrons. The number of nitrogens with zero attached hydrogens (tertiary/aromatic N) is 1. The largest absolute Gasteiger partial charge is 0.497 e. The summed E-state index contributed by atoms with van der Waals surface area (Å²) in [5.41, 5.74) is 10.2. The molecule has 0 saturated carbocycles. The van der Waals surface area contributed by atoms with Crippen LogP contribution in [0, 0.1) is 0 Å². The number of ether oxygens (including phenoxy) is 2. The quantitative estimate of drug-likeness (QED) is 0.878. The van der Waals surface area contributed by atoms with Gasteiger partial charge in [-0.15, -0.1) is 0 Å². The van der Waals surface area contributed by atoms with Crippen molar-refractivity contribution in [3.8, 4) is 5.75 Å². The summed E-state index contributed by atoms with van der Waals surface area (Å²) in [4.78, 5) is 4.71. The Bertz CT molecular complexity index is 769. The van der Waals surface area contributed by atoms with Gasteiger partial charge < -0.3 is 15.2 Å². The maximum atomic E-state index is 5.87. The molecule has 1 aliphatic heterocycles. The number of rotatable bonds is 1. The lowest BCUT2D eigenvalue weighted by atomic mass is 9.81. The highest BCUT2D eigenvalue weighted by molar-refractivity contribution is 5.76. The van der Waals surface area contributed by atoms with Crippen molar-refractivity contribution in [1.29, 1.82) is 0 Å². The van der Waals surface area contributed by atoms with Gasteiger partial charge in [0, 0.05) is 0 Å². The number of hydrogen-bond donors (Lipinski definition) is 1. The predicted molar refractivity (Wildman–Crippen MR) is 85.2 cm³/mol. The first-order valence-electron chi connectivity index (χ1n) is 7.47. The maximum Gasteiger partial charge on any atom is 0.283 e. The summed E-state index contributed by atoms with van der Waals surface area (Å²) in [5, 5.41) is 0. The van der Waals surface area contributed by atoms with Crippen molar-refractivity contribution in [3.05, 3.63) is 64.7 Å². The lowest BCUT2D eigenvalue weighted by Gasteiger charge is -2.27. The van der Waals surface area contributed by atoms with Gasteiger partial charge in [0.15, 0.2) is 5.54 Å². The summed E-state index contributed by atoms with van der Waals surface area (Å²) >= 11 is 0. The Balaban J connectivity index is 2.03. The molecule has 4 heteroatoms. The van der Waals surface area contributed by atoms with Crippen molar-refractivity contribution in [1.82, 2.24) is 0 Å². The molecule has 0 aromatic heterocycles. The standard InChI is InChI=1S/C18H18N2O2/c1-21-14-9-8-13-7-6-12-4-2-3-5-15(12)18(16(13)10-14)11-22-17(19)20-18/h2-5,8-10H,6-7,11H2,1H3,(H2,19,20). The summed E-state index contributed by atoms with van der Waals surface area (Å²) in [5.74, 6) is 0.832. The number of amidine groups is 1. The molecule has 1 aliphatic carbocycles. The second-order valence-electron chi connectivity index (χ2n) is 5.78. The van der Waals surface area contributed by atoms with Crippen molar-refractivity contribution < 1.29 is 9.47 Å². The van der Waals surface area contributed by atoms with Gasteiger partial charge in [-0.05, 0) is 47.2 Å². The highest BCUT2D eigenvalue weighted by atomic mass is 16.5. The SMILES string of the molecule is COc1ccc2c(c1)C1(COC(N)=N1)c1ccccc1CC2. The van der Waals surface area contributed by atoms with E-state index in [-0.39, 0.29) is 6.02 Å². The summed E-state index contributed by atoms with van der Waals surface area (Å²) in [7, 11) is 1.68. The molecular formula is C18H18N2O2. The minimum absolute atomic E-state index is 0.255. The molecular weight excluding hydrogens is 276 g/mol. The van der Waals surface area contributed by atoms with Crippen molar-refractivity contribution in [3.63, 3.8) is 0 Å². The van der Waals surface area contributed by atoms with Crippen LogP contribution in [0.2, 0.25) is 0 Å². The fourth-order valence-electron chi connectivity index (χ4n) is 3.55. The number of benzene rings is 2. The molecule has 0 amide bonds. The highest BCUT2D eigenvalue weighted by Crippen LogP contribution is 2.44. The first-order valence-corrected chi connectivity index (χ1v) is 7.47. The Morgan fingerprint density at radius 3 is 2.59 bits per heavy atom. The molecule has 0 bridgehead atoms. The fraction of sp³-hybridized carbons (Fsp3) is 0.278. The molecule has 2 aliphatic rings. The predicted octanol–water partition coefficient (Wildman–Crippen LogP) is 2.38. The van der Waals surface area contributed by atoms with Crippen LogP contribution in [0.1, 0.15) is 22.3 Å². The third-order valence-electron chi connectivity index (χ3n) is 4.62. The van der Waals surface area contributed by atoms with E-state index in [9.17, 15) is 0 Å². The third-order valence-corrected chi connectivity index (χ3v) is 4.62. The highest BCUT2D eigenvalue weighted by Gasteiger charge is 2.44. The maximum absolute atomic E-state index is 5.87. The normalized spacial score (nSPS) is 22.3. The molecule has 0 saturated heterocycles. The van der Waals surface area contributed by atoms with Gasteiger partial charge in [-0.1, -0.05) is 30.3 Å². The van der Waals surface area contributed by atoms with E-state index in [0.717, 1.165) is 24.2 Å². The number of aliphatic imine (C=N–C) groups is 1. The number of nitrogens with two attached hydrogens (primary N) is 1. The summed E-state index contributed by atoms with van der Waals surface area (Å²) in [6.07, 6.45) is 1.97. The molecule has 1 unspecified atom stereocenters. The zero-order valence-corrected chi connectivity index (χ0v) is 12.5. The topological polar surface area (TPSA) is 56.8 Å². The van der Waals surface area contributed by atoms with E-state index in [1.54, 1.807) is 7.11 Å². The van der Waals surface area contributed by atoms with Gasteiger partial charge in [0.05, 0.1) is 7.11 Å². The summed E-state index contributed by atoms with van der Waals surface area (Å²) in [6.45, 7) is 0.440. The monoisotopic (exact) mass is 294 g/mol. The van der Waals surface area contributed by atoms with E-state index in [2.05, 4.69) is 36.4 Å². The minimum Gasteiger partial charge on any atom is -0.497 e. The molecule has 1 atom stereocenters. The fourth-order valence-corrected chi connectivity index (χ4v) is 3.55. The second kappa shape index (κ2) is 4.77. The van der Waals surface area contributed by atoms with Gasteiger partial charge in [0.2, 0.25) is 0 Å². The molecule has 22 heavy (non-hydrogen) atoms. The van der Waals surface area contributed by atoms with Crippen LogP contribution in [-0.4, -0.2) is 19.7 Å². The van der Waals surface area contributed by atoms with Gasteiger partial charge in [-0.2, -0.15) is 0 Å². The van der Waals surface area contributed by atoms with E-state index in [0.29, 0.717) is 6.61 Å². The zero-order valence-electron chi connectivity index (χ0n) is 12.5. The summed E-state index contributed by atoms with van der Waals surface area (Å²) < 4.78 is 11.0. The lowest BCUT2D eigenvalue weighted by molar-refractivity contribution is 0.277. The van der Waals surface area contributed by atoms with Crippen LogP contribution in [0.15, 0.2) is 47.5 Å². The number of hydrogen-bond acceptors (Lipinski definition) is 4. The van der Waals surface area contributed by atoms with Gasteiger partial charge >= 0.3 is 0 Å². The van der Waals surface area contributed by atoms with Gasteiger partial charge in [0.1, 0.15) is 12.4 Å². The third kappa shape index (κ3) is 1.80. The van der Waals surface area contributed by atoms with E-state index < -0.39 is 5.54 Å². The van der Waals surface area contributed by atoms with Crippen molar-refractivity contribution >= 4 is 6.02 Å². The molecule has 4 nitrogen and oxygen atoms in total. The Labute approximate surface area is 129 Å². The Morgan fingerprint density at radius 1 is 1.09 bits per heavy atom. The molecule has 1 heterocycles. The average molecular weight is 294 g/mol. The molecule has 112 valence electrons. The Kier molecular flexibility index (Phi) is 2.86. The Hall–Kier alpha value is -2.49. The Morgan fingerprint density at radius 2 is 1.86 bits per heavy atom.